The molecular weight excluding hydrogens is 228 g/mol. The number of hydrogen-bond donors (Lipinski definition) is 1. The van der Waals surface area contributed by atoms with Crippen LogP contribution in [-0.4, -0.2) is 54.3 Å². The number of hydrogen-bond acceptors (Lipinski definition) is 3. The first-order valence-electron chi connectivity index (χ1n) is 7.47. The van der Waals surface area contributed by atoms with Gasteiger partial charge in [-0.3, -0.25) is 4.90 Å². The Labute approximate surface area is 112 Å². The topological polar surface area (TPSA) is 6.48 Å². The summed E-state index contributed by atoms with van der Waals surface area (Å²) in [5.41, 5.74) is 0. The van der Waals surface area contributed by atoms with E-state index < -0.39 is 0 Å². The maximum absolute atomic E-state index is 4.26. The first-order valence-corrected chi connectivity index (χ1v) is 8.10. The van der Waals surface area contributed by atoms with E-state index in [0.29, 0.717) is 0 Å². The lowest BCUT2D eigenvalue weighted by atomic mass is 10.2. The van der Waals surface area contributed by atoms with Gasteiger partial charge < -0.3 is 4.90 Å². The van der Waals surface area contributed by atoms with E-state index in [4.69, 9.17) is 0 Å². The largest absolute Gasteiger partial charge is 0.302 e. The molecule has 2 nitrogen and oxygen atoms in total. The molecule has 1 unspecified atom stereocenters. The molecule has 2 heterocycles. The summed E-state index contributed by atoms with van der Waals surface area (Å²) in [6.07, 6.45) is 9.72. The second-order valence-electron chi connectivity index (χ2n) is 5.62. The van der Waals surface area contributed by atoms with Crippen molar-refractivity contribution in [3.8, 4) is 0 Å². The molecule has 2 aliphatic rings. The molecule has 0 amide bonds. The van der Waals surface area contributed by atoms with Gasteiger partial charge in [0.1, 0.15) is 0 Å². The number of thiol groups is 1. The average Bonchev–Trinajstić information content (AvgIpc) is 2.99. The van der Waals surface area contributed by atoms with Crippen LogP contribution in [-0.2, 0) is 0 Å². The van der Waals surface area contributed by atoms with Crippen molar-refractivity contribution in [3.63, 3.8) is 0 Å². The number of rotatable bonds is 7. The normalized spacial score (nSPS) is 27.0. The zero-order valence-electron chi connectivity index (χ0n) is 11.1. The molecule has 0 N–H and O–H groups in total. The molecule has 0 aliphatic carbocycles. The van der Waals surface area contributed by atoms with Crippen molar-refractivity contribution in [2.45, 2.75) is 51.0 Å². The van der Waals surface area contributed by atoms with Gasteiger partial charge in [-0.05, 0) is 64.0 Å². The molecule has 0 saturated carbocycles. The minimum Gasteiger partial charge on any atom is -0.302 e. The molecule has 0 aromatic carbocycles. The van der Waals surface area contributed by atoms with E-state index >= 15 is 0 Å². The van der Waals surface area contributed by atoms with Crippen molar-refractivity contribution < 1.29 is 0 Å². The third-order valence-electron chi connectivity index (χ3n) is 4.29. The summed E-state index contributed by atoms with van der Waals surface area (Å²) in [7, 11) is 0. The van der Waals surface area contributed by atoms with Gasteiger partial charge in [-0.15, -0.1) is 0 Å². The van der Waals surface area contributed by atoms with Crippen LogP contribution in [0.1, 0.15) is 44.9 Å². The summed E-state index contributed by atoms with van der Waals surface area (Å²) >= 11 is 4.26. The Morgan fingerprint density at radius 3 is 2.47 bits per heavy atom. The van der Waals surface area contributed by atoms with E-state index in [-0.39, 0.29) is 0 Å². The third kappa shape index (κ3) is 4.46. The van der Waals surface area contributed by atoms with E-state index in [1.807, 2.05) is 0 Å². The molecule has 2 rings (SSSR count). The van der Waals surface area contributed by atoms with Crippen molar-refractivity contribution in [1.82, 2.24) is 9.80 Å². The molecule has 0 aromatic heterocycles. The van der Waals surface area contributed by atoms with Crippen LogP contribution in [0.3, 0.4) is 0 Å². The molecule has 2 saturated heterocycles. The summed E-state index contributed by atoms with van der Waals surface area (Å²) < 4.78 is 0. The molecule has 0 bridgehead atoms. The highest BCUT2D eigenvalue weighted by Crippen LogP contribution is 2.20. The maximum Gasteiger partial charge on any atom is 0.0235 e. The predicted molar refractivity (Wildman–Crippen MR) is 78.0 cm³/mol. The van der Waals surface area contributed by atoms with Crippen LogP contribution in [0.5, 0.6) is 0 Å². The molecule has 0 spiro atoms. The quantitative estimate of drug-likeness (QED) is 0.553. The number of likely N-dealkylation sites (tertiary alicyclic amines) is 2. The van der Waals surface area contributed by atoms with E-state index in [0.717, 1.165) is 11.8 Å². The summed E-state index contributed by atoms with van der Waals surface area (Å²) in [4.78, 5) is 5.41. The SMILES string of the molecule is SCCCCCCN1CCC(N2CCCC2)C1. The third-order valence-corrected chi connectivity index (χ3v) is 4.60. The summed E-state index contributed by atoms with van der Waals surface area (Å²) in [6.45, 7) is 6.73. The molecule has 1 atom stereocenters. The maximum atomic E-state index is 4.26. The highest BCUT2D eigenvalue weighted by Gasteiger charge is 2.28. The van der Waals surface area contributed by atoms with E-state index in [1.54, 1.807) is 0 Å². The Morgan fingerprint density at radius 2 is 1.71 bits per heavy atom. The Hall–Kier alpha value is 0.270. The Balaban J connectivity index is 1.54. The molecule has 0 radical (unpaired) electrons. The van der Waals surface area contributed by atoms with Crippen molar-refractivity contribution in [3.05, 3.63) is 0 Å². The fraction of sp³-hybridized carbons (Fsp3) is 1.00. The number of nitrogens with zero attached hydrogens (tertiary/aromatic N) is 2. The van der Waals surface area contributed by atoms with Gasteiger partial charge in [-0.2, -0.15) is 12.6 Å². The van der Waals surface area contributed by atoms with Crippen LogP contribution in [0.25, 0.3) is 0 Å². The van der Waals surface area contributed by atoms with Gasteiger partial charge >= 0.3 is 0 Å². The Bertz CT molecular complexity index is 204. The van der Waals surface area contributed by atoms with Crippen LogP contribution in [0.2, 0.25) is 0 Å². The zero-order valence-corrected chi connectivity index (χ0v) is 12.0. The molecule has 17 heavy (non-hydrogen) atoms. The molecule has 2 aliphatic heterocycles. The fourth-order valence-corrected chi connectivity index (χ4v) is 3.44. The smallest absolute Gasteiger partial charge is 0.0235 e. The van der Waals surface area contributed by atoms with Gasteiger partial charge in [0.2, 0.25) is 0 Å². The molecule has 2 fully saturated rings. The van der Waals surface area contributed by atoms with Gasteiger partial charge in [-0.1, -0.05) is 12.8 Å². The van der Waals surface area contributed by atoms with Gasteiger partial charge in [0.15, 0.2) is 0 Å². The molecule has 0 aromatic rings. The van der Waals surface area contributed by atoms with Crippen molar-refractivity contribution >= 4 is 12.6 Å². The lowest BCUT2D eigenvalue weighted by Crippen LogP contribution is -2.35. The minimum atomic E-state index is 0.884. The van der Waals surface area contributed by atoms with Crippen molar-refractivity contribution in [1.29, 1.82) is 0 Å². The standard InChI is InChI=1S/C14H28N2S/c17-12-6-2-1-3-8-15-11-7-14(13-15)16-9-4-5-10-16/h14,17H,1-13H2. The van der Waals surface area contributed by atoms with Crippen LogP contribution < -0.4 is 0 Å². The Morgan fingerprint density at radius 1 is 0.941 bits per heavy atom. The zero-order chi connectivity index (χ0) is 11.9. The average molecular weight is 256 g/mol. The lowest BCUT2D eigenvalue weighted by Gasteiger charge is -2.23. The van der Waals surface area contributed by atoms with E-state index in [1.165, 1.54) is 77.7 Å². The second-order valence-corrected chi connectivity index (χ2v) is 6.07. The summed E-state index contributed by atoms with van der Waals surface area (Å²) in [5, 5.41) is 0. The second kappa shape index (κ2) is 7.65. The minimum absolute atomic E-state index is 0.884. The Kier molecular flexibility index (Phi) is 6.16. The first-order chi connectivity index (χ1) is 8.40. The monoisotopic (exact) mass is 256 g/mol. The van der Waals surface area contributed by atoms with Crippen LogP contribution in [0, 0.1) is 0 Å². The summed E-state index contributed by atoms with van der Waals surface area (Å²) in [5.74, 6) is 1.06. The van der Waals surface area contributed by atoms with E-state index in [2.05, 4.69) is 22.4 Å². The molecule has 100 valence electrons. The molecular formula is C14H28N2S. The van der Waals surface area contributed by atoms with Crippen molar-refractivity contribution in [2.24, 2.45) is 0 Å². The van der Waals surface area contributed by atoms with Gasteiger partial charge in [-0.25, -0.2) is 0 Å². The van der Waals surface area contributed by atoms with Gasteiger partial charge in [0.25, 0.3) is 0 Å². The van der Waals surface area contributed by atoms with Crippen LogP contribution in [0.15, 0.2) is 0 Å². The lowest BCUT2D eigenvalue weighted by molar-refractivity contribution is 0.231. The highest BCUT2D eigenvalue weighted by molar-refractivity contribution is 7.80. The van der Waals surface area contributed by atoms with Crippen LogP contribution in [0.4, 0.5) is 0 Å². The summed E-state index contributed by atoms with van der Waals surface area (Å²) in [6, 6.07) is 0.884. The van der Waals surface area contributed by atoms with Crippen molar-refractivity contribution in [2.75, 3.05) is 38.5 Å². The van der Waals surface area contributed by atoms with Gasteiger partial charge in [0.05, 0.1) is 0 Å². The van der Waals surface area contributed by atoms with Crippen LogP contribution >= 0.6 is 12.6 Å². The van der Waals surface area contributed by atoms with Gasteiger partial charge in [0, 0.05) is 12.6 Å². The molecule has 3 heteroatoms. The van der Waals surface area contributed by atoms with E-state index in [9.17, 15) is 0 Å². The fourth-order valence-electron chi connectivity index (χ4n) is 3.22. The first kappa shape index (κ1) is 13.7. The highest BCUT2D eigenvalue weighted by atomic mass is 32.1. The number of unbranched alkanes of at least 4 members (excludes halogenated alkanes) is 3. The predicted octanol–water partition coefficient (Wildman–Crippen LogP) is 2.65.